The van der Waals surface area contributed by atoms with Crippen LogP contribution < -0.4 is 5.32 Å². The highest BCUT2D eigenvalue weighted by Gasteiger charge is 2.20. The van der Waals surface area contributed by atoms with Gasteiger partial charge in [-0.05, 0) is 6.54 Å². The van der Waals surface area contributed by atoms with Crippen LogP contribution in [0, 0.1) is 0 Å². The van der Waals surface area contributed by atoms with Crippen molar-refractivity contribution < 1.29 is 4.79 Å². The molecule has 0 bridgehead atoms. The maximum absolute atomic E-state index is 11.8. The summed E-state index contributed by atoms with van der Waals surface area (Å²) in [4.78, 5) is 19.9. The standard InChI is InChI=1S/C11H14N6OS/c1-2-17-4-3-7-9(6-17)19-11(13-7)14-10(18)8-5-12-16-15-8/h5H,2-4,6H2,1H3,(H,12,15,16)(H,13,14,18). The Hall–Kier alpha value is -1.80. The van der Waals surface area contributed by atoms with Crippen molar-refractivity contribution in [3.05, 3.63) is 22.5 Å². The average Bonchev–Trinajstić information content (AvgIpc) is 3.06. The van der Waals surface area contributed by atoms with Crippen molar-refractivity contribution in [2.24, 2.45) is 0 Å². The predicted octanol–water partition coefficient (Wildman–Crippen LogP) is 0.891. The van der Waals surface area contributed by atoms with Crippen LogP contribution in [0.25, 0.3) is 0 Å². The first-order chi connectivity index (χ1) is 9.26. The zero-order chi connectivity index (χ0) is 13.2. The van der Waals surface area contributed by atoms with E-state index in [0.29, 0.717) is 5.13 Å². The average molecular weight is 278 g/mol. The van der Waals surface area contributed by atoms with Gasteiger partial charge in [0.2, 0.25) is 0 Å². The van der Waals surface area contributed by atoms with Crippen LogP contribution in [0.1, 0.15) is 28.0 Å². The normalized spacial score (nSPS) is 15.2. The summed E-state index contributed by atoms with van der Waals surface area (Å²) in [5, 5.41) is 13.2. The molecule has 1 aliphatic heterocycles. The third kappa shape index (κ3) is 2.49. The SMILES string of the molecule is CCN1CCc2nc(NC(=O)c3cn[nH]n3)sc2C1. The van der Waals surface area contributed by atoms with Crippen molar-refractivity contribution in [3.63, 3.8) is 0 Å². The molecule has 3 rings (SSSR count). The summed E-state index contributed by atoms with van der Waals surface area (Å²) in [6, 6.07) is 0. The smallest absolute Gasteiger partial charge is 0.279 e. The molecule has 1 aliphatic rings. The molecule has 2 aromatic heterocycles. The molecule has 0 aliphatic carbocycles. The number of nitrogens with zero attached hydrogens (tertiary/aromatic N) is 4. The number of rotatable bonds is 3. The molecule has 2 aromatic rings. The van der Waals surface area contributed by atoms with Gasteiger partial charge in [-0.15, -0.1) is 11.3 Å². The summed E-state index contributed by atoms with van der Waals surface area (Å²) in [5.74, 6) is -0.285. The summed E-state index contributed by atoms with van der Waals surface area (Å²) >= 11 is 1.54. The van der Waals surface area contributed by atoms with Gasteiger partial charge in [-0.3, -0.25) is 15.0 Å². The van der Waals surface area contributed by atoms with Crippen molar-refractivity contribution in [2.75, 3.05) is 18.4 Å². The zero-order valence-corrected chi connectivity index (χ0v) is 11.3. The monoisotopic (exact) mass is 278 g/mol. The maximum atomic E-state index is 11.8. The van der Waals surface area contributed by atoms with E-state index in [1.165, 1.54) is 22.4 Å². The van der Waals surface area contributed by atoms with Crippen molar-refractivity contribution >= 4 is 22.4 Å². The molecule has 2 N–H and O–H groups in total. The second-order valence-electron chi connectivity index (χ2n) is 4.32. The molecular formula is C11H14N6OS. The number of amides is 1. The molecule has 0 radical (unpaired) electrons. The molecule has 0 spiro atoms. The number of fused-ring (bicyclic) bond motifs is 1. The van der Waals surface area contributed by atoms with E-state index in [0.717, 1.165) is 31.7 Å². The number of nitrogens with one attached hydrogen (secondary N) is 2. The van der Waals surface area contributed by atoms with Crippen LogP contribution in [0.4, 0.5) is 5.13 Å². The fraction of sp³-hybridized carbons (Fsp3) is 0.455. The number of carbonyl (C=O) groups excluding carboxylic acids is 1. The van der Waals surface area contributed by atoms with Gasteiger partial charge in [0.25, 0.3) is 5.91 Å². The first-order valence-corrected chi connectivity index (χ1v) is 6.96. The van der Waals surface area contributed by atoms with Crippen LogP contribution in [0.2, 0.25) is 0 Å². The van der Waals surface area contributed by atoms with E-state index in [-0.39, 0.29) is 11.6 Å². The lowest BCUT2D eigenvalue weighted by molar-refractivity contribution is 0.102. The van der Waals surface area contributed by atoms with Crippen LogP contribution in [0.5, 0.6) is 0 Å². The van der Waals surface area contributed by atoms with Crippen LogP contribution in [0.15, 0.2) is 6.20 Å². The quantitative estimate of drug-likeness (QED) is 0.870. The summed E-state index contributed by atoms with van der Waals surface area (Å²) < 4.78 is 0. The second-order valence-corrected chi connectivity index (χ2v) is 5.40. The van der Waals surface area contributed by atoms with Gasteiger partial charge in [-0.25, -0.2) is 4.98 Å². The third-order valence-electron chi connectivity index (χ3n) is 3.13. The summed E-state index contributed by atoms with van der Waals surface area (Å²) in [5.41, 5.74) is 1.37. The third-order valence-corrected chi connectivity index (χ3v) is 4.12. The van der Waals surface area contributed by atoms with Gasteiger partial charge in [-0.2, -0.15) is 15.4 Å². The van der Waals surface area contributed by atoms with Crippen molar-refractivity contribution in [1.82, 2.24) is 25.3 Å². The van der Waals surface area contributed by atoms with Crippen LogP contribution in [-0.2, 0) is 13.0 Å². The van der Waals surface area contributed by atoms with Crippen molar-refractivity contribution in [2.45, 2.75) is 19.9 Å². The Morgan fingerprint density at radius 1 is 1.63 bits per heavy atom. The molecule has 0 aromatic carbocycles. The maximum Gasteiger partial charge on any atom is 0.279 e. The van der Waals surface area contributed by atoms with Crippen LogP contribution >= 0.6 is 11.3 Å². The fourth-order valence-electron chi connectivity index (χ4n) is 2.04. The first kappa shape index (κ1) is 12.2. The topological polar surface area (TPSA) is 86.8 Å². The Bertz CT molecular complexity index is 578. The molecule has 0 fully saturated rings. The highest BCUT2D eigenvalue weighted by atomic mass is 32.1. The molecule has 1 amide bonds. The number of aromatic nitrogens is 4. The highest BCUT2D eigenvalue weighted by Crippen LogP contribution is 2.28. The van der Waals surface area contributed by atoms with E-state index in [9.17, 15) is 4.79 Å². The van der Waals surface area contributed by atoms with Gasteiger partial charge in [0.15, 0.2) is 10.8 Å². The van der Waals surface area contributed by atoms with Crippen molar-refractivity contribution in [1.29, 1.82) is 0 Å². The molecule has 19 heavy (non-hydrogen) atoms. The number of likely N-dealkylation sites (N-methyl/N-ethyl adjacent to an activating group) is 1. The molecule has 0 saturated carbocycles. The van der Waals surface area contributed by atoms with Gasteiger partial charge < -0.3 is 0 Å². The Morgan fingerprint density at radius 3 is 3.26 bits per heavy atom. The highest BCUT2D eigenvalue weighted by molar-refractivity contribution is 7.15. The summed E-state index contributed by atoms with van der Waals surface area (Å²) in [7, 11) is 0. The Labute approximate surface area is 114 Å². The molecule has 7 nitrogen and oxygen atoms in total. The van der Waals surface area contributed by atoms with Gasteiger partial charge in [0.1, 0.15) is 0 Å². The minimum absolute atomic E-state index is 0.267. The van der Waals surface area contributed by atoms with Gasteiger partial charge >= 0.3 is 0 Å². The number of H-pyrrole nitrogens is 1. The number of aromatic amines is 1. The molecule has 8 heteroatoms. The van der Waals surface area contributed by atoms with E-state index in [2.05, 4.69) is 37.5 Å². The van der Waals surface area contributed by atoms with Crippen LogP contribution in [0.3, 0.4) is 0 Å². The Kier molecular flexibility index (Phi) is 3.26. The minimum Gasteiger partial charge on any atom is -0.298 e. The van der Waals surface area contributed by atoms with E-state index in [1.54, 1.807) is 0 Å². The minimum atomic E-state index is -0.285. The van der Waals surface area contributed by atoms with E-state index in [1.807, 2.05) is 0 Å². The van der Waals surface area contributed by atoms with Gasteiger partial charge in [0.05, 0.1) is 11.9 Å². The molecular weight excluding hydrogens is 264 g/mol. The van der Waals surface area contributed by atoms with Gasteiger partial charge in [-0.1, -0.05) is 6.92 Å². The van der Waals surface area contributed by atoms with E-state index < -0.39 is 0 Å². The van der Waals surface area contributed by atoms with Crippen LogP contribution in [-0.4, -0.2) is 44.3 Å². The number of carbonyl (C=O) groups is 1. The molecule has 0 saturated heterocycles. The van der Waals surface area contributed by atoms with Gasteiger partial charge in [0, 0.05) is 24.4 Å². The Balaban J connectivity index is 1.73. The number of hydrogen-bond donors (Lipinski definition) is 2. The lowest BCUT2D eigenvalue weighted by Gasteiger charge is -2.23. The molecule has 0 atom stereocenters. The summed E-state index contributed by atoms with van der Waals surface area (Å²) in [6.07, 6.45) is 2.33. The largest absolute Gasteiger partial charge is 0.298 e. The zero-order valence-electron chi connectivity index (χ0n) is 10.5. The molecule has 3 heterocycles. The first-order valence-electron chi connectivity index (χ1n) is 6.14. The van der Waals surface area contributed by atoms with Crippen molar-refractivity contribution in [3.8, 4) is 0 Å². The fourth-order valence-corrected chi connectivity index (χ4v) is 3.09. The van der Waals surface area contributed by atoms with E-state index >= 15 is 0 Å². The second kappa shape index (κ2) is 5.06. The lowest BCUT2D eigenvalue weighted by atomic mass is 10.2. The summed E-state index contributed by atoms with van der Waals surface area (Å²) in [6.45, 7) is 5.14. The number of hydrogen-bond acceptors (Lipinski definition) is 6. The lowest BCUT2D eigenvalue weighted by Crippen LogP contribution is -2.29. The molecule has 100 valence electrons. The number of thiazole rings is 1. The number of anilines is 1. The van der Waals surface area contributed by atoms with E-state index in [4.69, 9.17) is 0 Å². The Morgan fingerprint density at radius 2 is 2.53 bits per heavy atom. The molecule has 0 unspecified atom stereocenters. The predicted molar refractivity (Wildman–Crippen MR) is 71.1 cm³/mol.